The molecule has 0 aliphatic rings. The summed E-state index contributed by atoms with van der Waals surface area (Å²) in [6.07, 6.45) is 0. The highest BCUT2D eigenvalue weighted by molar-refractivity contribution is 5.97. The number of carbonyl (C=O) groups excluding carboxylic acids is 3. The molecule has 0 radical (unpaired) electrons. The first-order chi connectivity index (χ1) is 19.1. The van der Waals surface area contributed by atoms with E-state index >= 15 is 0 Å². The number of hydroxylamine groups is 1. The van der Waals surface area contributed by atoms with Gasteiger partial charge in [-0.2, -0.15) is 0 Å². The van der Waals surface area contributed by atoms with Gasteiger partial charge in [-0.3, -0.25) is 19.6 Å². The van der Waals surface area contributed by atoms with Gasteiger partial charge >= 0.3 is 0 Å². The molecule has 0 heterocycles. The van der Waals surface area contributed by atoms with E-state index in [-0.39, 0.29) is 31.8 Å². The second-order valence-electron chi connectivity index (χ2n) is 10.2. The maximum absolute atomic E-state index is 12.3. The molecule has 0 saturated carbocycles. The first kappa shape index (κ1) is 32.7. The second kappa shape index (κ2) is 15.3. The van der Waals surface area contributed by atoms with E-state index in [0.29, 0.717) is 23.4 Å². The van der Waals surface area contributed by atoms with Crippen LogP contribution in [0.5, 0.6) is 0 Å². The summed E-state index contributed by atoms with van der Waals surface area (Å²) in [5.41, 5.74) is 11.9. The smallest absolute Gasteiger partial charge is 0.267 e. The normalized spacial score (nSPS) is 11.2. The third-order valence-electron chi connectivity index (χ3n) is 6.07. The number of nitrogens with one attached hydrogen (secondary N) is 4. The van der Waals surface area contributed by atoms with Crippen LogP contribution < -0.4 is 27.2 Å². The number of amides is 3. The van der Waals surface area contributed by atoms with Crippen molar-refractivity contribution in [3.05, 3.63) is 101 Å². The Hall–Kier alpha value is -4.49. The number of carbonyl (C=O) groups is 3. The van der Waals surface area contributed by atoms with Gasteiger partial charge in [-0.15, -0.1) is 0 Å². The summed E-state index contributed by atoms with van der Waals surface area (Å²) >= 11 is 0. The summed E-state index contributed by atoms with van der Waals surface area (Å²) in [5.74, 6) is 4.64. The van der Waals surface area contributed by atoms with Crippen LogP contribution >= 0.6 is 0 Å². The van der Waals surface area contributed by atoms with Gasteiger partial charge < -0.3 is 21.7 Å². The van der Waals surface area contributed by atoms with Crippen LogP contribution in [-0.4, -0.2) is 42.1 Å². The minimum Gasteiger partial charge on any atom is -0.339 e. The van der Waals surface area contributed by atoms with Crippen LogP contribution in [0.25, 0.3) is 0 Å². The minimum absolute atomic E-state index is 0. The van der Waals surface area contributed by atoms with Crippen molar-refractivity contribution in [1.29, 1.82) is 0 Å². The van der Waals surface area contributed by atoms with E-state index in [4.69, 9.17) is 10.9 Å². The SMILES string of the molecule is C.CC(C)(C)c1ccc(CNCC(=O)Nc2ccc(C#Cc3ccc(C(=O)N[C@@H](CN)C(=O)NO)cc3)cc2)cc1. The molecule has 216 valence electrons. The van der Waals surface area contributed by atoms with Crippen molar-refractivity contribution < 1.29 is 19.6 Å². The van der Waals surface area contributed by atoms with Gasteiger partial charge in [-0.25, -0.2) is 5.48 Å². The van der Waals surface area contributed by atoms with Crippen molar-refractivity contribution in [1.82, 2.24) is 16.1 Å². The molecular formula is C32H39N5O4. The lowest BCUT2D eigenvalue weighted by Crippen LogP contribution is -2.50. The lowest BCUT2D eigenvalue weighted by Gasteiger charge is -2.19. The second-order valence-corrected chi connectivity index (χ2v) is 10.2. The predicted molar refractivity (Wildman–Crippen MR) is 161 cm³/mol. The zero-order valence-electron chi connectivity index (χ0n) is 22.9. The first-order valence-corrected chi connectivity index (χ1v) is 12.9. The molecule has 0 aromatic heterocycles. The zero-order chi connectivity index (χ0) is 29.1. The molecule has 9 heteroatoms. The molecule has 0 aliphatic carbocycles. The first-order valence-electron chi connectivity index (χ1n) is 12.9. The van der Waals surface area contributed by atoms with Gasteiger partial charge in [0.2, 0.25) is 5.91 Å². The third kappa shape index (κ3) is 10.2. The summed E-state index contributed by atoms with van der Waals surface area (Å²) in [6, 6.07) is 21.1. The average Bonchev–Trinajstić information content (AvgIpc) is 2.95. The Morgan fingerprint density at radius 2 is 1.44 bits per heavy atom. The van der Waals surface area contributed by atoms with Crippen LogP contribution in [-0.2, 0) is 21.5 Å². The van der Waals surface area contributed by atoms with Crippen molar-refractivity contribution in [3.8, 4) is 11.8 Å². The molecule has 0 saturated heterocycles. The van der Waals surface area contributed by atoms with E-state index < -0.39 is 17.9 Å². The average molecular weight is 558 g/mol. The Morgan fingerprint density at radius 1 is 0.878 bits per heavy atom. The van der Waals surface area contributed by atoms with Crippen molar-refractivity contribution in [2.45, 2.75) is 46.2 Å². The summed E-state index contributed by atoms with van der Waals surface area (Å²) in [6.45, 7) is 7.17. The van der Waals surface area contributed by atoms with Crippen molar-refractivity contribution in [2.24, 2.45) is 5.73 Å². The number of rotatable bonds is 9. The Labute approximate surface area is 241 Å². The standard InChI is InChI=1S/C31H35N5O4.CH4/c1-31(2,3)25-14-8-23(9-15-25)19-33-20-28(37)34-26-16-10-22(11-17-26)5-4-21-6-12-24(13-7-21)29(38)35-27(18-32)30(39)36-40;/h6-17,27,33,40H,18-20,32H2,1-3H3,(H,34,37)(H,35,38)(H,36,39);1H4/t27-;/m0./s1. The largest absolute Gasteiger partial charge is 0.339 e. The third-order valence-corrected chi connectivity index (χ3v) is 6.07. The highest BCUT2D eigenvalue weighted by atomic mass is 16.5. The van der Waals surface area contributed by atoms with E-state index in [2.05, 4.69) is 72.8 Å². The fraction of sp³-hybridized carbons (Fsp3) is 0.281. The Bertz CT molecular complexity index is 1370. The van der Waals surface area contributed by atoms with Crippen molar-refractivity contribution in [3.63, 3.8) is 0 Å². The Kier molecular flexibility index (Phi) is 12.2. The van der Waals surface area contributed by atoms with E-state index in [0.717, 1.165) is 11.1 Å². The lowest BCUT2D eigenvalue weighted by molar-refractivity contribution is -0.130. The van der Waals surface area contributed by atoms with E-state index in [1.807, 2.05) is 12.1 Å². The van der Waals surface area contributed by atoms with Crippen molar-refractivity contribution >= 4 is 23.4 Å². The van der Waals surface area contributed by atoms with Crippen LogP contribution in [0.3, 0.4) is 0 Å². The summed E-state index contributed by atoms with van der Waals surface area (Å²) in [7, 11) is 0. The summed E-state index contributed by atoms with van der Waals surface area (Å²) in [4.78, 5) is 36.1. The molecule has 0 aliphatic heterocycles. The molecule has 0 bridgehead atoms. The monoisotopic (exact) mass is 557 g/mol. The zero-order valence-corrected chi connectivity index (χ0v) is 22.9. The predicted octanol–water partition coefficient (Wildman–Crippen LogP) is 3.31. The van der Waals surface area contributed by atoms with Crippen LogP contribution in [0.1, 0.15) is 60.8 Å². The number of nitrogens with two attached hydrogens (primary N) is 1. The van der Waals surface area contributed by atoms with Gasteiger partial charge in [0.15, 0.2) is 0 Å². The molecule has 7 N–H and O–H groups in total. The molecule has 0 spiro atoms. The molecule has 3 amide bonds. The number of benzene rings is 3. The van der Waals surface area contributed by atoms with Gasteiger partial charge in [0.05, 0.1) is 6.54 Å². The van der Waals surface area contributed by atoms with Gasteiger partial charge in [-0.05, 0) is 65.1 Å². The quantitative estimate of drug-likeness (QED) is 0.135. The molecule has 3 aromatic rings. The van der Waals surface area contributed by atoms with Gasteiger partial charge in [0.1, 0.15) is 6.04 Å². The van der Waals surface area contributed by atoms with E-state index in [9.17, 15) is 14.4 Å². The molecule has 0 unspecified atom stereocenters. The molecule has 41 heavy (non-hydrogen) atoms. The van der Waals surface area contributed by atoms with Crippen LogP contribution in [0.2, 0.25) is 0 Å². The molecule has 1 atom stereocenters. The highest BCUT2D eigenvalue weighted by Crippen LogP contribution is 2.22. The van der Waals surface area contributed by atoms with E-state index in [1.165, 1.54) is 11.0 Å². The molecule has 3 rings (SSSR count). The fourth-order valence-electron chi connectivity index (χ4n) is 3.69. The number of anilines is 1. The lowest BCUT2D eigenvalue weighted by atomic mass is 9.87. The number of hydrogen-bond donors (Lipinski definition) is 6. The number of hydrogen-bond acceptors (Lipinski definition) is 6. The topological polar surface area (TPSA) is 146 Å². The molecular weight excluding hydrogens is 518 g/mol. The Morgan fingerprint density at radius 3 is 1.95 bits per heavy atom. The fourth-order valence-corrected chi connectivity index (χ4v) is 3.69. The van der Waals surface area contributed by atoms with Crippen LogP contribution in [0, 0.1) is 11.8 Å². The van der Waals surface area contributed by atoms with Crippen LogP contribution in [0.15, 0.2) is 72.8 Å². The van der Waals surface area contributed by atoms with Gasteiger partial charge in [0, 0.05) is 35.5 Å². The maximum Gasteiger partial charge on any atom is 0.267 e. The maximum atomic E-state index is 12.3. The van der Waals surface area contributed by atoms with Gasteiger partial charge in [-0.1, -0.05) is 64.3 Å². The Balaban J connectivity index is 0.00000588. The minimum atomic E-state index is -1.04. The molecule has 3 aromatic carbocycles. The van der Waals surface area contributed by atoms with E-state index in [1.54, 1.807) is 36.4 Å². The van der Waals surface area contributed by atoms with Crippen molar-refractivity contribution in [2.75, 3.05) is 18.4 Å². The summed E-state index contributed by atoms with van der Waals surface area (Å²) < 4.78 is 0. The highest BCUT2D eigenvalue weighted by Gasteiger charge is 2.19. The molecule has 9 nitrogen and oxygen atoms in total. The van der Waals surface area contributed by atoms with Gasteiger partial charge in [0.25, 0.3) is 11.8 Å². The van der Waals surface area contributed by atoms with Crippen LogP contribution in [0.4, 0.5) is 5.69 Å². The summed E-state index contributed by atoms with van der Waals surface area (Å²) in [5, 5.41) is 17.2. The molecule has 0 fully saturated rings.